The van der Waals surface area contributed by atoms with Crippen molar-refractivity contribution < 1.29 is 9.90 Å². The van der Waals surface area contributed by atoms with Gasteiger partial charge >= 0.3 is 5.97 Å². The Hall–Kier alpha value is -0.570. The summed E-state index contributed by atoms with van der Waals surface area (Å²) in [4.78, 5) is 10.6. The molecule has 3 nitrogen and oxygen atoms in total. The number of piperidine rings is 1. The summed E-state index contributed by atoms with van der Waals surface area (Å²) in [6.45, 7) is 0. The maximum atomic E-state index is 10.6. The summed E-state index contributed by atoms with van der Waals surface area (Å²) in [6.07, 6.45) is 4.03. The first-order valence-corrected chi connectivity index (χ1v) is 4.24. The molecule has 0 aliphatic carbocycles. The van der Waals surface area contributed by atoms with Crippen LogP contribution in [0.2, 0.25) is 0 Å². The van der Waals surface area contributed by atoms with Gasteiger partial charge in [-0.1, -0.05) is 0 Å². The van der Waals surface area contributed by atoms with Crippen LogP contribution in [0.4, 0.5) is 0 Å². The third-order valence-corrected chi connectivity index (χ3v) is 2.82. The molecule has 0 amide bonds. The topological polar surface area (TPSA) is 49.3 Å². The van der Waals surface area contributed by atoms with Gasteiger partial charge in [0.05, 0.1) is 5.92 Å². The van der Waals surface area contributed by atoms with Crippen molar-refractivity contribution in [1.82, 2.24) is 5.32 Å². The van der Waals surface area contributed by atoms with E-state index in [-0.39, 0.29) is 5.92 Å². The average Bonchev–Trinajstić information content (AvgIpc) is 2.30. The van der Waals surface area contributed by atoms with E-state index in [0.717, 1.165) is 12.8 Å². The molecule has 62 valence electrons. The molecule has 2 N–H and O–H groups in total. The highest BCUT2D eigenvalue weighted by Gasteiger charge is 2.36. The molecule has 0 aromatic carbocycles. The molecule has 0 radical (unpaired) electrons. The monoisotopic (exact) mass is 155 g/mol. The average molecular weight is 155 g/mol. The van der Waals surface area contributed by atoms with E-state index in [9.17, 15) is 4.79 Å². The van der Waals surface area contributed by atoms with Crippen LogP contribution in [0.5, 0.6) is 0 Å². The Morgan fingerprint density at radius 1 is 1.27 bits per heavy atom. The fourth-order valence-electron chi connectivity index (χ4n) is 2.26. The third kappa shape index (κ3) is 1.25. The molecule has 2 fully saturated rings. The van der Waals surface area contributed by atoms with Gasteiger partial charge in [-0.05, 0) is 25.7 Å². The van der Waals surface area contributed by atoms with E-state index >= 15 is 0 Å². The zero-order valence-corrected chi connectivity index (χ0v) is 6.42. The summed E-state index contributed by atoms with van der Waals surface area (Å²) in [7, 11) is 0. The first-order chi connectivity index (χ1) is 5.25. The Morgan fingerprint density at radius 2 is 1.82 bits per heavy atom. The summed E-state index contributed by atoms with van der Waals surface area (Å²) >= 11 is 0. The zero-order chi connectivity index (χ0) is 7.84. The lowest BCUT2D eigenvalue weighted by molar-refractivity contribution is -0.143. The summed E-state index contributed by atoms with van der Waals surface area (Å²) in [5.74, 6) is -0.683. The van der Waals surface area contributed by atoms with E-state index in [1.807, 2.05) is 0 Å². The molecule has 0 aromatic rings. The maximum Gasteiger partial charge on any atom is 0.306 e. The lowest BCUT2D eigenvalue weighted by atomic mass is 9.93. The number of hydrogen-bond acceptors (Lipinski definition) is 2. The van der Waals surface area contributed by atoms with Gasteiger partial charge in [0, 0.05) is 12.1 Å². The maximum absolute atomic E-state index is 10.6. The van der Waals surface area contributed by atoms with Gasteiger partial charge in [0.15, 0.2) is 0 Å². The highest BCUT2D eigenvalue weighted by atomic mass is 16.4. The van der Waals surface area contributed by atoms with E-state index in [1.165, 1.54) is 12.8 Å². The van der Waals surface area contributed by atoms with Crippen LogP contribution in [0.15, 0.2) is 0 Å². The fourth-order valence-corrected chi connectivity index (χ4v) is 2.26. The van der Waals surface area contributed by atoms with Crippen LogP contribution in [0.1, 0.15) is 25.7 Å². The summed E-state index contributed by atoms with van der Waals surface area (Å²) < 4.78 is 0. The molecule has 2 atom stereocenters. The van der Waals surface area contributed by atoms with E-state index in [1.54, 1.807) is 0 Å². The number of carboxylic acid groups (broad SMARTS) is 1. The number of fused-ring (bicyclic) bond motifs is 2. The van der Waals surface area contributed by atoms with Crippen LogP contribution in [0.3, 0.4) is 0 Å². The fraction of sp³-hybridized carbons (Fsp3) is 0.875. The van der Waals surface area contributed by atoms with E-state index in [4.69, 9.17) is 5.11 Å². The lowest BCUT2D eigenvalue weighted by Gasteiger charge is -2.25. The van der Waals surface area contributed by atoms with Gasteiger partial charge in [-0.15, -0.1) is 0 Å². The Bertz CT molecular complexity index is 169. The predicted octanol–water partition coefficient (Wildman–Crippen LogP) is 0.602. The number of hydrogen-bond donors (Lipinski definition) is 2. The minimum Gasteiger partial charge on any atom is -0.481 e. The van der Waals surface area contributed by atoms with Crippen LogP contribution in [0, 0.1) is 5.92 Å². The van der Waals surface area contributed by atoms with Crippen molar-refractivity contribution >= 4 is 5.97 Å². The van der Waals surface area contributed by atoms with Crippen molar-refractivity contribution in [1.29, 1.82) is 0 Å². The largest absolute Gasteiger partial charge is 0.481 e. The van der Waals surface area contributed by atoms with Gasteiger partial charge in [-0.3, -0.25) is 4.79 Å². The molecule has 3 heteroatoms. The SMILES string of the molecule is O=C(O)C1C[C@@H]2CC[C@@H](C1)N2. The molecule has 0 aromatic heterocycles. The molecule has 2 bridgehead atoms. The van der Waals surface area contributed by atoms with Crippen molar-refractivity contribution in [2.45, 2.75) is 37.8 Å². The molecule has 2 aliphatic heterocycles. The Kier molecular flexibility index (Phi) is 1.60. The standard InChI is InChI=1S/C8H13NO2/c10-8(11)5-3-6-1-2-7(4-5)9-6/h5-7,9H,1-4H2,(H,10,11)/t6-,7-/m0/s1. The van der Waals surface area contributed by atoms with Crippen LogP contribution in [-0.4, -0.2) is 23.2 Å². The van der Waals surface area contributed by atoms with Crippen LogP contribution in [-0.2, 0) is 4.79 Å². The minimum atomic E-state index is -0.608. The molecule has 2 aliphatic rings. The Balaban J connectivity index is 2.02. The van der Waals surface area contributed by atoms with Gasteiger partial charge < -0.3 is 10.4 Å². The first kappa shape index (κ1) is 7.10. The van der Waals surface area contributed by atoms with Crippen LogP contribution < -0.4 is 5.32 Å². The minimum absolute atomic E-state index is 0.0752. The van der Waals surface area contributed by atoms with Gasteiger partial charge in [0.1, 0.15) is 0 Å². The molecular weight excluding hydrogens is 142 g/mol. The van der Waals surface area contributed by atoms with Crippen molar-refractivity contribution in [2.24, 2.45) is 5.92 Å². The van der Waals surface area contributed by atoms with Crippen LogP contribution in [0.25, 0.3) is 0 Å². The molecule has 0 saturated carbocycles. The smallest absolute Gasteiger partial charge is 0.306 e. The van der Waals surface area contributed by atoms with Crippen molar-refractivity contribution in [3.8, 4) is 0 Å². The summed E-state index contributed by atoms with van der Waals surface area (Å²) in [5, 5.41) is 12.2. The number of rotatable bonds is 1. The predicted molar refractivity (Wildman–Crippen MR) is 40.3 cm³/mol. The number of carbonyl (C=O) groups is 1. The van der Waals surface area contributed by atoms with Crippen molar-refractivity contribution in [3.63, 3.8) is 0 Å². The van der Waals surface area contributed by atoms with E-state index in [2.05, 4.69) is 5.32 Å². The molecule has 0 unspecified atom stereocenters. The molecule has 0 spiro atoms. The van der Waals surface area contributed by atoms with Gasteiger partial charge in [-0.2, -0.15) is 0 Å². The zero-order valence-electron chi connectivity index (χ0n) is 6.42. The van der Waals surface area contributed by atoms with Gasteiger partial charge in [0.25, 0.3) is 0 Å². The highest BCUT2D eigenvalue weighted by molar-refractivity contribution is 5.70. The molecule has 2 heterocycles. The second-order valence-electron chi connectivity index (χ2n) is 3.64. The quantitative estimate of drug-likeness (QED) is 0.583. The summed E-state index contributed by atoms with van der Waals surface area (Å²) in [6, 6.07) is 0.990. The molecule has 2 saturated heterocycles. The Labute approximate surface area is 65.8 Å². The lowest BCUT2D eigenvalue weighted by Crippen LogP contribution is -2.40. The third-order valence-electron chi connectivity index (χ3n) is 2.82. The van der Waals surface area contributed by atoms with Crippen molar-refractivity contribution in [3.05, 3.63) is 0 Å². The second-order valence-corrected chi connectivity index (χ2v) is 3.64. The number of carboxylic acids is 1. The normalized spacial score (nSPS) is 42.4. The molecule has 11 heavy (non-hydrogen) atoms. The molecule has 2 rings (SSSR count). The Morgan fingerprint density at radius 3 is 2.27 bits per heavy atom. The van der Waals surface area contributed by atoms with Crippen molar-refractivity contribution in [2.75, 3.05) is 0 Å². The van der Waals surface area contributed by atoms with Crippen LogP contribution >= 0.6 is 0 Å². The second kappa shape index (κ2) is 2.48. The number of aliphatic carboxylic acids is 1. The van der Waals surface area contributed by atoms with Gasteiger partial charge in [-0.25, -0.2) is 0 Å². The van der Waals surface area contributed by atoms with Gasteiger partial charge in [0.2, 0.25) is 0 Å². The molecular formula is C8H13NO2. The summed E-state index contributed by atoms with van der Waals surface area (Å²) in [5.41, 5.74) is 0. The van der Waals surface area contributed by atoms with E-state index < -0.39 is 5.97 Å². The van der Waals surface area contributed by atoms with E-state index in [0.29, 0.717) is 12.1 Å². The highest BCUT2D eigenvalue weighted by Crippen LogP contribution is 2.30. The first-order valence-electron chi connectivity index (χ1n) is 4.24. The number of nitrogens with one attached hydrogen (secondary N) is 1.